The third kappa shape index (κ3) is 4.46. The molecule has 0 radical (unpaired) electrons. The van der Waals surface area contributed by atoms with Crippen molar-refractivity contribution < 1.29 is 19.4 Å². The number of ether oxygens (including phenoxy) is 1. The number of aliphatic hydroxyl groups excluding tert-OH is 1. The molecule has 1 aliphatic rings. The summed E-state index contributed by atoms with van der Waals surface area (Å²) in [4.78, 5) is 31.6. The summed E-state index contributed by atoms with van der Waals surface area (Å²) in [5.41, 5.74) is 1.27. The van der Waals surface area contributed by atoms with E-state index < -0.39 is 23.5 Å². The molecule has 34 heavy (non-hydrogen) atoms. The van der Waals surface area contributed by atoms with Gasteiger partial charge in [0.05, 0.1) is 38.8 Å². The molecule has 0 spiro atoms. The first-order valence-electron chi connectivity index (χ1n) is 9.88. The minimum Gasteiger partial charge on any atom is -0.507 e. The van der Waals surface area contributed by atoms with Gasteiger partial charge in [0.1, 0.15) is 5.76 Å². The van der Waals surface area contributed by atoms with Crippen LogP contribution in [0.2, 0.25) is 20.1 Å². The summed E-state index contributed by atoms with van der Waals surface area (Å²) in [6.45, 7) is 0.0961. The highest BCUT2D eigenvalue weighted by Crippen LogP contribution is 2.43. The predicted molar refractivity (Wildman–Crippen MR) is 132 cm³/mol. The topological polar surface area (TPSA) is 79.7 Å². The molecule has 1 aromatic heterocycles. The van der Waals surface area contributed by atoms with Gasteiger partial charge in [0.25, 0.3) is 11.7 Å². The SMILES string of the molecule is COc1c(Cl)cc(/C(O)=C2\C(=O)C(=O)N(Cc3ccncc3)C2c2ccc(Cl)c(Cl)c2)cc1Cl. The molecule has 0 bridgehead atoms. The fourth-order valence-electron chi connectivity index (χ4n) is 3.80. The van der Waals surface area contributed by atoms with Crippen LogP contribution in [0.3, 0.4) is 0 Å². The quantitative estimate of drug-likeness (QED) is 0.234. The number of benzene rings is 2. The van der Waals surface area contributed by atoms with Crippen LogP contribution in [0.5, 0.6) is 5.75 Å². The number of pyridine rings is 1. The molecule has 1 unspecified atom stereocenters. The first-order valence-corrected chi connectivity index (χ1v) is 11.4. The first-order chi connectivity index (χ1) is 16.2. The van der Waals surface area contributed by atoms with Crippen LogP contribution in [0.25, 0.3) is 5.76 Å². The van der Waals surface area contributed by atoms with E-state index in [9.17, 15) is 14.7 Å². The lowest BCUT2D eigenvalue weighted by molar-refractivity contribution is -0.140. The predicted octanol–water partition coefficient (Wildman–Crippen LogP) is 6.33. The second-order valence-corrected chi connectivity index (χ2v) is 9.06. The number of amides is 1. The fourth-order valence-corrected chi connectivity index (χ4v) is 4.75. The van der Waals surface area contributed by atoms with Crippen molar-refractivity contribution in [2.45, 2.75) is 12.6 Å². The van der Waals surface area contributed by atoms with Gasteiger partial charge in [-0.25, -0.2) is 0 Å². The van der Waals surface area contributed by atoms with Crippen molar-refractivity contribution in [3.05, 3.63) is 97.2 Å². The maximum Gasteiger partial charge on any atom is 0.295 e. The molecule has 3 aromatic rings. The van der Waals surface area contributed by atoms with Gasteiger partial charge in [-0.1, -0.05) is 52.5 Å². The molecule has 1 amide bonds. The lowest BCUT2D eigenvalue weighted by atomic mass is 9.95. The Morgan fingerprint density at radius 3 is 2.21 bits per heavy atom. The summed E-state index contributed by atoms with van der Waals surface area (Å²) in [5, 5.41) is 12.0. The van der Waals surface area contributed by atoms with E-state index in [0.29, 0.717) is 10.6 Å². The van der Waals surface area contributed by atoms with Crippen LogP contribution >= 0.6 is 46.4 Å². The van der Waals surface area contributed by atoms with E-state index in [1.165, 1.54) is 24.1 Å². The summed E-state index contributed by atoms with van der Waals surface area (Å²) in [6, 6.07) is 10.1. The van der Waals surface area contributed by atoms with Crippen molar-refractivity contribution in [3.63, 3.8) is 0 Å². The zero-order valence-corrected chi connectivity index (χ0v) is 20.6. The maximum atomic E-state index is 13.2. The number of ketones is 1. The van der Waals surface area contributed by atoms with E-state index in [1.54, 1.807) is 42.7 Å². The smallest absolute Gasteiger partial charge is 0.295 e. The molecular formula is C24H16Cl4N2O4. The molecule has 0 saturated carbocycles. The minimum atomic E-state index is -0.942. The van der Waals surface area contributed by atoms with Gasteiger partial charge in [0.15, 0.2) is 5.75 Å². The number of halogens is 4. The highest BCUT2D eigenvalue weighted by Gasteiger charge is 2.46. The van der Waals surface area contributed by atoms with E-state index in [2.05, 4.69) is 4.98 Å². The van der Waals surface area contributed by atoms with Gasteiger partial charge >= 0.3 is 0 Å². The lowest BCUT2D eigenvalue weighted by Crippen LogP contribution is -2.29. The zero-order chi connectivity index (χ0) is 24.6. The summed E-state index contributed by atoms with van der Waals surface area (Å²) in [6.07, 6.45) is 3.17. The molecule has 174 valence electrons. The summed E-state index contributed by atoms with van der Waals surface area (Å²) >= 11 is 24.8. The van der Waals surface area contributed by atoms with Crippen molar-refractivity contribution >= 4 is 63.9 Å². The average molecular weight is 538 g/mol. The number of nitrogens with zero attached hydrogens (tertiary/aromatic N) is 2. The van der Waals surface area contributed by atoms with Gasteiger partial charge in [0.2, 0.25) is 0 Å². The summed E-state index contributed by atoms with van der Waals surface area (Å²) in [7, 11) is 1.40. The normalized spacial score (nSPS) is 17.3. The number of hydrogen-bond acceptors (Lipinski definition) is 5. The van der Waals surface area contributed by atoms with Crippen LogP contribution in [-0.4, -0.2) is 33.8 Å². The number of aliphatic hydroxyl groups is 1. The molecule has 1 aliphatic heterocycles. The third-order valence-electron chi connectivity index (χ3n) is 5.38. The molecular weight excluding hydrogens is 522 g/mol. The minimum absolute atomic E-state index is 0.0961. The van der Waals surface area contributed by atoms with Crippen LogP contribution in [0.4, 0.5) is 0 Å². The Morgan fingerprint density at radius 1 is 0.971 bits per heavy atom. The van der Waals surface area contributed by atoms with Crippen molar-refractivity contribution in [2.75, 3.05) is 7.11 Å². The molecule has 0 aliphatic carbocycles. The van der Waals surface area contributed by atoms with Gasteiger partial charge in [0, 0.05) is 24.5 Å². The van der Waals surface area contributed by atoms with Gasteiger partial charge in [-0.2, -0.15) is 0 Å². The molecule has 6 nitrogen and oxygen atoms in total. The Kier molecular flexibility index (Phi) is 7.05. The maximum absolute atomic E-state index is 13.2. The molecule has 1 fully saturated rings. The average Bonchev–Trinajstić information content (AvgIpc) is 3.06. The number of aromatic nitrogens is 1. The summed E-state index contributed by atoms with van der Waals surface area (Å²) in [5.74, 6) is -1.84. The first kappa shape index (κ1) is 24.4. The van der Waals surface area contributed by atoms with Crippen LogP contribution in [0.1, 0.15) is 22.7 Å². The largest absolute Gasteiger partial charge is 0.507 e. The zero-order valence-electron chi connectivity index (χ0n) is 17.6. The standard InChI is InChI=1S/C24H16Cl4N2O4/c1-34-23-17(27)9-14(10-18(23)28)21(31)19-20(13-2-3-15(25)16(26)8-13)30(24(33)22(19)32)11-12-4-6-29-7-5-12/h2-10,20,31H,11H2,1H3/b21-19+. The Hall–Kier alpha value is -2.77. The molecule has 2 heterocycles. The van der Waals surface area contributed by atoms with E-state index in [-0.39, 0.29) is 38.5 Å². The number of Topliss-reactive ketones (excluding diaryl/α,β-unsaturated/α-hetero) is 1. The van der Waals surface area contributed by atoms with Crippen molar-refractivity contribution in [2.24, 2.45) is 0 Å². The third-order valence-corrected chi connectivity index (χ3v) is 6.68. The molecule has 1 N–H and O–H groups in total. The van der Waals surface area contributed by atoms with E-state index >= 15 is 0 Å². The van der Waals surface area contributed by atoms with Crippen molar-refractivity contribution in [1.29, 1.82) is 0 Å². The number of carbonyl (C=O) groups excluding carboxylic acids is 2. The monoisotopic (exact) mass is 536 g/mol. The molecule has 1 saturated heterocycles. The van der Waals surface area contributed by atoms with E-state index in [1.807, 2.05) is 0 Å². The fraction of sp³-hybridized carbons (Fsp3) is 0.125. The van der Waals surface area contributed by atoms with Crippen LogP contribution in [0.15, 0.2) is 60.4 Å². The van der Waals surface area contributed by atoms with Gasteiger partial charge in [-0.05, 0) is 47.5 Å². The molecule has 2 aromatic carbocycles. The van der Waals surface area contributed by atoms with Crippen LogP contribution < -0.4 is 4.74 Å². The molecule has 1 atom stereocenters. The lowest BCUT2D eigenvalue weighted by Gasteiger charge is -2.25. The number of methoxy groups -OCH3 is 1. The number of hydrogen-bond donors (Lipinski definition) is 1. The highest BCUT2D eigenvalue weighted by molar-refractivity contribution is 6.47. The van der Waals surface area contributed by atoms with Crippen molar-refractivity contribution in [3.8, 4) is 5.75 Å². The Balaban J connectivity index is 1.91. The second-order valence-electron chi connectivity index (χ2n) is 7.43. The molecule has 4 rings (SSSR count). The van der Waals surface area contributed by atoms with E-state index in [0.717, 1.165) is 5.56 Å². The van der Waals surface area contributed by atoms with E-state index in [4.69, 9.17) is 51.1 Å². The number of rotatable bonds is 5. The van der Waals surface area contributed by atoms with Crippen LogP contribution in [-0.2, 0) is 16.1 Å². The van der Waals surface area contributed by atoms with Gasteiger partial charge < -0.3 is 14.7 Å². The number of likely N-dealkylation sites (tertiary alicyclic amines) is 1. The highest BCUT2D eigenvalue weighted by atomic mass is 35.5. The summed E-state index contributed by atoms with van der Waals surface area (Å²) < 4.78 is 5.15. The van der Waals surface area contributed by atoms with Crippen molar-refractivity contribution in [1.82, 2.24) is 9.88 Å². The molecule has 10 heteroatoms. The number of carbonyl (C=O) groups is 2. The second kappa shape index (κ2) is 9.84. The Morgan fingerprint density at radius 2 is 1.62 bits per heavy atom. The van der Waals surface area contributed by atoms with Crippen LogP contribution in [0, 0.1) is 0 Å². The van der Waals surface area contributed by atoms with Gasteiger partial charge in [-0.3, -0.25) is 14.6 Å². The Labute approximate surface area is 215 Å². The Bertz CT molecular complexity index is 1300. The van der Waals surface area contributed by atoms with Gasteiger partial charge in [-0.15, -0.1) is 0 Å².